The number of nitrogen functional groups attached to an aromatic ring is 2. The van der Waals surface area contributed by atoms with Crippen LogP contribution in [-0.4, -0.2) is 5.11 Å². The van der Waals surface area contributed by atoms with Crippen molar-refractivity contribution in [2.45, 2.75) is 4.90 Å². The summed E-state index contributed by atoms with van der Waals surface area (Å²) < 4.78 is 0. The minimum Gasteiger partial charge on any atom is -0.506 e. The highest BCUT2D eigenvalue weighted by molar-refractivity contribution is 7.80. The molecule has 2 aromatic rings. The summed E-state index contributed by atoms with van der Waals surface area (Å²) in [4.78, 5) is 0.662. The standard InChI is InChI=1S/C10H10N2OS/c11-9-6(13)3-1-5-2-4-7(14)10(12)8(5)9/h1-4,13-14H,11-12H2. The molecule has 0 radical (unpaired) electrons. The Morgan fingerprint density at radius 3 is 2.36 bits per heavy atom. The van der Waals surface area contributed by atoms with Crippen molar-refractivity contribution in [1.29, 1.82) is 0 Å². The molecule has 0 spiro atoms. The lowest BCUT2D eigenvalue weighted by Gasteiger charge is -2.08. The predicted molar refractivity (Wildman–Crippen MR) is 61.7 cm³/mol. The molecule has 0 saturated carbocycles. The summed E-state index contributed by atoms with van der Waals surface area (Å²) in [5, 5.41) is 11.0. The predicted octanol–water partition coefficient (Wildman–Crippen LogP) is 2.00. The maximum Gasteiger partial charge on any atom is 0.139 e. The number of phenols is 1. The van der Waals surface area contributed by atoms with Crippen molar-refractivity contribution in [1.82, 2.24) is 0 Å². The molecule has 3 nitrogen and oxygen atoms in total. The maximum atomic E-state index is 9.43. The molecule has 72 valence electrons. The molecule has 2 rings (SSSR count). The highest BCUT2D eigenvalue weighted by Crippen LogP contribution is 2.36. The quantitative estimate of drug-likeness (QED) is 0.302. The van der Waals surface area contributed by atoms with Crippen molar-refractivity contribution in [3.05, 3.63) is 24.3 Å². The topological polar surface area (TPSA) is 72.3 Å². The van der Waals surface area contributed by atoms with Crippen LogP contribution in [0, 0.1) is 0 Å². The van der Waals surface area contributed by atoms with E-state index in [4.69, 9.17) is 11.5 Å². The fourth-order valence-electron chi connectivity index (χ4n) is 1.45. The van der Waals surface area contributed by atoms with Gasteiger partial charge in [0.2, 0.25) is 0 Å². The van der Waals surface area contributed by atoms with Crippen LogP contribution in [0.4, 0.5) is 11.4 Å². The van der Waals surface area contributed by atoms with Crippen LogP contribution >= 0.6 is 12.6 Å². The fourth-order valence-corrected chi connectivity index (χ4v) is 1.64. The molecule has 0 atom stereocenters. The molecule has 2 aromatic carbocycles. The Labute approximate surface area is 86.7 Å². The Hall–Kier alpha value is -1.55. The zero-order valence-corrected chi connectivity index (χ0v) is 8.25. The average Bonchev–Trinajstić information content (AvgIpc) is 2.17. The van der Waals surface area contributed by atoms with Gasteiger partial charge in [0.25, 0.3) is 0 Å². The van der Waals surface area contributed by atoms with Crippen LogP contribution in [-0.2, 0) is 0 Å². The number of benzene rings is 2. The van der Waals surface area contributed by atoms with E-state index in [0.29, 0.717) is 21.7 Å². The normalized spacial score (nSPS) is 10.6. The number of anilines is 2. The minimum absolute atomic E-state index is 0.0446. The molecule has 0 amide bonds. The fraction of sp³-hybridized carbons (Fsp3) is 0. The van der Waals surface area contributed by atoms with Gasteiger partial charge < -0.3 is 16.6 Å². The third-order valence-electron chi connectivity index (χ3n) is 2.22. The van der Waals surface area contributed by atoms with Crippen molar-refractivity contribution in [3.63, 3.8) is 0 Å². The molecule has 0 aliphatic heterocycles. The third-order valence-corrected chi connectivity index (χ3v) is 2.61. The van der Waals surface area contributed by atoms with Gasteiger partial charge in [-0.1, -0.05) is 12.1 Å². The van der Waals surface area contributed by atoms with Gasteiger partial charge in [-0.05, 0) is 17.5 Å². The van der Waals surface area contributed by atoms with Gasteiger partial charge in [0.1, 0.15) is 5.75 Å². The van der Waals surface area contributed by atoms with E-state index < -0.39 is 0 Å². The molecule has 0 aliphatic carbocycles. The lowest BCUT2D eigenvalue weighted by Crippen LogP contribution is -1.94. The molecule has 0 unspecified atom stereocenters. The van der Waals surface area contributed by atoms with E-state index in [1.807, 2.05) is 6.07 Å². The second-order valence-corrected chi connectivity index (χ2v) is 3.58. The molecular weight excluding hydrogens is 196 g/mol. The monoisotopic (exact) mass is 206 g/mol. The van der Waals surface area contributed by atoms with Gasteiger partial charge in [-0.25, -0.2) is 0 Å². The van der Waals surface area contributed by atoms with Gasteiger partial charge in [0.05, 0.1) is 11.4 Å². The highest BCUT2D eigenvalue weighted by Gasteiger charge is 2.07. The molecule has 0 fully saturated rings. The molecule has 0 aromatic heterocycles. The van der Waals surface area contributed by atoms with Gasteiger partial charge in [-0.15, -0.1) is 12.6 Å². The smallest absolute Gasteiger partial charge is 0.139 e. The number of phenolic OH excluding ortho intramolecular Hbond substituents is 1. The van der Waals surface area contributed by atoms with E-state index in [0.717, 1.165) is 5.39 Å². The Balaban J connectivity index is 2.98. The Kier molecular flexibility index (Phi) is 1.93. The van der Waals surface area contributed by atoms with Gasteiger partial charge >= 0.3 is 0 Å². The molecule has 0 aliphatic rings. The van der Waals surface area contributed by atoms with E-state index in [1.54, 1.807) is 18.2 Å². The number of fused-ring (bicyclic) bond motifs is 1. The van der Waals surface area contributed by atoms with Crippen molar-refractivity contribution < 1.29 is 5.11 Å². The summed E-state index contributed by atoms with van der Waals surface area (Å²) in [6.07, 6.45) is 0. The number of hydrogen-bond donors (Lipinski definition) is 4. The van der Waals surface area contributed by atoms with Crippen LogP contribution < -0.4 is 11.5 Å². The van der Waals surface area contributed by atoms with Gasteiger partial charge in [-0.3, -0.25) is 0 Å². The summed E-state index contributed by atoms with van der Waals surface area (Å²) in [6, 6.07) is 6.99. The molecule has 0 saturated heterocycles. The first-order valence-electron chi connectivity index (χ1n) is 4.10. The average molecular weight is 206 g/mol. The molecule has 0 heterocycles. The van der Waals surface area contributed by atoms with E-state index in [-0.39, 0.29) is 5.75 Å². The first-order chi connectivity index (χ1) is 6.61. The van der Waals surface area contributed by atoms with E-state index >= 15 is 0 Å². The molecular formula is C10H10N2OS. The Bertz CT molecular complexity index is 468. The Morgan fingerprint density at radius 2 is 1.64 bits per heavy atom. The zero-order valence-electron chi connectivity index (χ0n) is 7.36. The lowest BCUT2D eigenvalue weighted by atomic mass is 10.1. The van der Waals surface area contributed by atoms with Crippen LogP contribution in [0.15, 0.2) is 29.2 Å². The van der Waals surface area contributed by atoms with E-state index in [2.05, 4.69) is 12.6 Å². The van der Waals surface area contributed by atoms with E-state index in [9.17, 15) is 5.11 Å². The number of hydrogen-bond acceptors (Lipinski definition) is 4. The number of rotatable bonds is 0. The van der Waals surface area contributed by atoms with Crippen molar-refractivity contribution in [2.75, 3.05) is 11.5 Å². The molecule has 5 N–H and O–H groups in total. The first kappa shape index (κ1) is 9.02. The largest absolute Gasteiger partial charge is 0.506 e. The van der Waals surface area contributed by atoms with Crippen LogP contribution in [0.1, 0.15) is 0 Å². The number of nitrogens with two attached hydrogens (primary N) is 2. The maximum absolute atomic E-state index is 9.43. The molecule has 0 bridgehead atoms. The first-order valence-corrected chi connectivity index (χ1v) is 4.54. The second kappa shape index (κ2) is 2.99. The SMILES string of the molecule is Nc1c(O)ccc2ccc(S)c(N)c12. The van der Waals surface area contributed by atoms with Crippen molar-refractivity contribution in [2.24, 2.45) is 0 Å². The number of aromatic hydroxyl groups is 1. The summed E-state index contributed by atoms with van der Waals surface area (Å²) in [5.74, 6) is 0.0446. The third kappa shape index (κ3) is 1.15. The van der Waals surface area contributed by atoms with Gasteiger partial charge in [0.15, 0.2) is 0 Å². The van der Waals surface area contributed by atoms with Crippen molar-refractivity contribution >= 4 is 34.8 Å². The summed E-state index contributed by atoms with van der Waals surface area (Å²) >= 11 is 4.19. The van der Waals surface area contributed by atoms with E-state index in [1.165, 1.54) is 0 Å². The minimum atomic E-state index is 0.0446. The van der Waals surface area contributed by atoms with Crippen LogP contribution in [0.3, 0.4) is 0 Å². The zero-order chi connectivity index (χ0) is 10.3. The van der Waals surface area contributed by atoms with Gasteiger partial charge in [-0.2, -0.15) is 0 Å². The number of thiol groups is 1. The second-order valence-electron chi connectivity index (χ2n) is 3.09. The summed E-state index contributed by atoms with van der Waals surface area (Å²) in [7, 11) is 0. The molecule has 14 heavy (non-hydrogen) atoms. The lowest BCUT2D eigenvalue weighted by molar-refractivity contribution is 0.478. The molecule has 4 heteroatoms. The highest BCUT2D eigenvalue weighted by atomic mass is 32.1. The van der Waals surface area contributed by atoms with Crippen LogP contribution in [0.2, 0.25) is 0 Å². The summed E-state index contributed by atoms with van der Waals surface area (Å²) in [5.41, 5.74) is 12.3. The summed E-state index contributed by atoms with van der Waals surface area (Å²) in [6.45, 7) is 0. The van der Waals surface area contributed by atoms with Crippen LogP contribution in [0.5, 0.6) is 5.75 Å². The Morgan fingerprint density at radius 1 is 1.00 bits per heavy atom. The van der Waals surface area contributed by atoms with Crippen LogP contribution in [0.25, 0.3) is 10.8 Å². The van der Waals surface area contributed by atoms with Gasteiger partial charge in [0, 0.05) is 10.3 Å². The van der Waals surface area contributed by atoms with Crippen molar-refractivity contribution in [3.8, 4) is 5.75 Å².